The second kappa shape index (κ2) is 30.2. The molecule has 0 heterocycles. The molecule has 43 heavy (non-hydrogen) atoms. The minimum Gasteiger partial charge on any atom is -0.266 e. The summed E-state index contributed by atoms with van der Waals surface area (Å²) in [7, 11) is -4.17. The molecule has 0 fully saturated rings. The van der Waals surface area contributed by atoms with Crippen LogP contribution in [0.25, 0.3) is 0 Å². The van der Waals surface area contributed by atoms with Crippen molar-refractivity contribution in [3.8, 4) is 0 Å². The third-order valence-electron chi connectivity index (χ3n) is 8.71. The van der Waals surface area contributed by atoms with Gasteiger partial charge < -0.3 is 0 Å². The van der Waals surface area contributed by atoms with Gasteiger partial charge in [-0.25, -0.2) is 0 Å². The highest BCUT2D eigenvalue weighted by atomic mass is 32.2. The first-order valence-corrected chi connectivity index (χ1v) is 22.6. The van der Waals surface area contributed by atoms with Crippen LogP contribution in [0.2, 0.25) is 0 Å². The number of hydrogen-bond acceptors (Lipinski definition) is 3. The molecular weight excluding hydrogens is 567 g/mol. The molecule has 0 atom stereocenters. The Morgan fingerprint density at radius 3 is 1.23 bits per heavy atom. The molecule has 0 saturated carbocycles. The maximum Gasteiger partial charge on any atom is 0.296 e. The van der Waals surface area contributed by atoms with Gasteiger partial charge in [-0.15, -0.1) is 0 Å². The average Bonchev–Trinajstić information content (AvgIpc) is 3.02. The summed E-state index contributed by atoms with van der Waals surface area (Å²) in [5, 5.41) is 0. The molecule has 1 aromatic carbocycles. The number of rotatable bonds is 29. The Kier molecular flexibility index (Phi) is 29.9. The van der Waals surface area contributed by atoms with Crippen molar-refractivity contribution < 1.29 is 12.6 Å². The quantitative estimate of drug-likeness (QED) is 0.0496. The summed E-state index contributed by atoms with van der Waals surface area (Å²) >= 11 is 0. The van der Waals surface area contributed by atoms with Crippen LogP contribution in [0.1, 0.15) is 176 Å². The standard InChI is InChI=1S/C20H44P.C18H30O3S/c1-5-9-13-14-15-16-20-21(17-10-6-2,18-11-7-3)19-12-8-4;1-2-3-4-5-6-7-8-9-10-14-17-21-22(19,20)18-15-12-11-13-16-18/h5-20H2,1-4H3;11-13,15-16H,2-10,14,17H2,1H3/q+1;. The van der Waals surface area contributed by atoms with Gasteiger partial charge in [0.05, 0.1) is 36.2 Å². The smallest absolute Gasteiger partial charge is 0.266 e. The lowest BCUT2D eigenvalue weighted by Crippen LogP contribution is -2.13. The van der Waals surface area contributed by atoms with E-state index in [2.05, 4.69) is 34.6 Å². The zero-order valence-electron chi connectivity index (χ0n) is 29.6. The third kappa shape index (κ3) is 24.5. The summed E-state index contributed by atoms with van der Waals surface area (Å²) in [4.78, 5) is 0.238. The molecule has 0 saturated heterocycles. The fourth-order valence-corrected chi connectivity index (χ4v) is 12.0. The Morgan fingerprint density at radius 1 is 0.465 bits per heavy atom. The first kappa shape index (κ1) is 42.6. The van der Waals surface area contributed by atoms with Gasteiger partial charge in [-0.1, -0.05) is 156 Å². The minimum atomic E-state index is -3.57. The largest absolute Gasteiger partial charge is 0.296 e. The van der Waals surface area contributed by atoms with E-state index < -0.39 is 17.4 Å². The van der Waals surface area contributed by atoms with Crippen LogP contribution >= 0.6 is 7.26 Å². The van der Waals surface area contributed by atoms with Crippen molar-refractivity contribution in [3.05, 3.63) is 30.3 Å². The number of benzene rings is 1. The molecule has 0 aliphatic carbocycles. The van der Waals surface area contributed by atoms with E-state index in [-0.39, 0.29) is 11.5 Å². The van der Waals surface area contributed by atoms with E-state index in [1.807, 2.05) is 0 Å². The molecule has 1 rings (SSSR count). The molecule has 0 aromatic heterocycles. The molecule has 0 radical (unpaired) electrons. The van der Waals surface area contributed by atoms with Crippen molar-refractivity contribution in [1.82, 2.24) is 0 Å². The van der Waals surface area contributed by atoms with Crippen molar-refractivity contribution in [2.24, 2.45) is 0 Å². The van der Waals surface area contributed by atoms with Gasteiger partial charge in [0.2, 0.25) is 0 Å². The molecule has 0 N–H and O–H groups in total. The van der Waals surface area contributed by atoms with Gasteiger partial charge in [0.1, 0.15) is 0 Å². The Hall–Kier alpha value is -0.440. The van der Waals surface area contributed by atoms with Crippen LogP contribution in [0.15, 0.2) is 35.2 Å². The predicted molar refractivity (Wildman–Crippen MR) is 196 cm³/mol. The maximum absolute atomic E-state index is 11.9. The van der Waals surface area contributed by atoms with Crippen LogP contribution in [0.4, 0.5) is 0 Å². The molecular formula is C38H74O3PS+. The Bertz CT molecular complexity index is 775. The highest BCUT2D eigenvalue weighted by molar-refractivity contribution is 7.86. The highest BCUT2D eigenvalue weighted by Gasteiger charge is 2.34. The molecule has 0 spiro atoms. The van der Waals surface area contributed by atoms with Gasteiger partial charge >= 0.3 is 0 Å². The van der Waals surface area contributed by atoms with Crippen molar-refractivity contribution in [3.63, 3.8) is 0 Å². The molecule has 0 unspecified atom stereocenters. The number of hydrogen-bond donors (Lipinski definition) is 0. The lowest BCUT2D eigenvalue weighted by atomic mass is 10.1. The fraction of sp³-hybridized carbons (Fsp3) is 0.842. The van der Waals surface area contributed by atoms with Gasteiger partial charge in [0.15, 0.2) is 0 Å². The summed E-state index contributed by atoms with van der Waals surface area (Å²) < 4.78 is 28.8. The van der Waals surface area contributed by atoms with E-state index in [9.17, 15) is 8.42 Å². The van der Waals surface area contributed by atoms with Gasteiger partial charge in [-0.05, 0) is 50.7 Å². The Labute approximate surface area is 271 Å². The second-order valence-corrected chi connectivity index (χ2v) is 18.9. The highest BCUT2D eigenvalue weighted by Crippen LogP contribution is 2.61. The van der Waals surface area contributed by atoms with Crippen LogP contribution in [0.3, 0.4) is 0 Å². The van der Waals surface area contributed by atoms with E-state index in [0.717, 1.165) is 12.8 Å². The van der Waals surface area contributed by atoms with Crippen LogP contribution in [-0.4, -0.2) is 39.7 Å². The Morgan fingerprint density at radius 2 is 0.814 bits per heavy atom. The first-order valence-electron chi connectivity index (χ1n) is 18.7. The zero-order valence-corrected chi connectivity index (χ0v) is 31.3. The minimum absolute atomic E-state index is 0.238. The van der Waals surface area contributed by atoms with E-state index in [4.69, 9.17) is 4.18 Å². The van der Waals surface area contributed by atoms with Gasteiger partial charge in [-0.3, -0.25) is 4.18 Å². The summed E-state index contributed by atoms with van der Waals surface area (Å²) in [6.07, 6.45) is 36.2. The lowest BCUT2D eigenvalue weighted by molar-refractivity contribution is 0.306. The van der Waals surface area contributed by atoms with Gasteiger partial charge in [0, 0.05) is 7.26 Å². The topological polar surface area (TPSA) is 43.4 Å². The van der Waals surface area contributed by atoms with E-state index in [0.29, 0.717) is 0 Å². The summed E-state index contributed by atoms with van der Waals surface area (Å²) in [6, 6.07) is 8.33. The lowest BCUT2D eigenvalue weighted by Gasteiger charge is -2.28. The van der Waals surface area contributed by atoms with Crippen molar-refractivity contribution in [2.45, 2.75) is 181 Å². The van der Waals surface area contributed by atoms with Crippen LogP contribution in [-0.2, 0) is 14.3 Å². The van der Waals surface area contributed by atoms with Crippen molar-refractivity contribution >= 4 is 17.4 Å². The summed E-state index contributed by atoms with van der Waals surface area (Å²) in [6.45, 7) is 12.0. The summed E-state index contributed by atoms with van der Waals surface area (Å²) in [5.74, 6) is 0. The molecule has 254 valence electrons. The van der Waals surface area contributed by atoms with Gasteiger partial charge in [-0.2, -0.15) is 8.42 Å². The molecule has 0 bridgehead atoms. The molecule has 0 aliphatic heterocycles. The van der Waals surface area contributed by atoms with Crippen LogP contribution < -0.4 is 0 Å². The normalized spacial score (nSPS) is 11.8. The molecule has 1 aromatic rings. The average molecular weight is 642 g/mol. The molecule has 3 nitrogen and oxygen atoms in total. The number of unbranched alkanes of at least 4 members (excludes halogenated alkanes) is 17. The van der Waals surface area contributed by atoms with Crippen LogP contribution in [0.5, 0.6) is 0 Å². The second-order valence-electron chi connectivity index (χ2n) is 12.8. The van der Waals surface area contributed by atoms with Gasteiger partial charge in [0.25, 0.3) is 10.1 Å². The van der Waals surface area contributed by atoms with Crippen molar-refractivity contribution in [1.29, 1.82) is 0 Å². The Balaban J connectivity index is 0.000000822. The SMILES string of the molecule is CCCCCCCCCCCCOS(=O)(=O)c1ccccc1.CCCCCCCC[P+](CCCC)(CCCC)CCCC. The summed E-state index contributed by atoms with van der Waals surface area (Å²) in [5.41, 5.74) is 0. The maximum atomic E-state index is 11.9. The monoisotopic (exact) mass is 642 g/mol. The zero-order chi connectivity index (χ0) is 31.9. The van der Waals surface area contributed by atoms with E-state index in [1.165, 1.54) is 128 Å². The van der Waals surface area contributed by atoms with E-state index >= 15 is 0 Å². The first-order chi connectivity index (χ1) is 20.9. The predicted octanol–water partition coefficient (Wildman–Crippen LogP) is 13.1. The third-order valence-corrected chi connectivity index (χ3v) is 15.1. The molecule has 0 amide bonds. The van der Waals surface area contributed by atoms with Crippen LogP contribution in [0, 0.1) is 0 Å². The van der Waals surface area contributed by atoms with Crippen molar-refractivity contribution in [2.75, 3.05) is 31.3 Å². The fourth-order valence-electron chi connectivity index (χ4n) is 5.79. The van der Waals surface area contributed by atoms with E-state index in [1.54, 1.807) is 55.0 Å². The molecule has 5 heteroatoms. The molecule has 0 aliphatic rings.